The first-order valence-electron chi connectivity index (χ1n) is 15.0. The van der Waals surface area contributed by atoms with E-state index in [1.807, 2.05) is 66.0 Å². The van der Waals surface area contributed by atoms with Gasteiger partial charge in [0.15, 0.2) is 5.69 Å². The molecule has 2 fully saturated rings. The number of piperazine rings is 1. The summed E-state index contributed by atoms with van der Waals surface area (Å²) < 4.78 is 13.7. The van der Waals surface area contributed by atoms with Gasteiger partial charge in [-0.3, -0.25) is 9.78 Å². The quantitative estimate of drug-likeness (QED) is 0.358. The van der Waals surface area contributed by atoms with Crippen molar-refractivity contribution in [1.82, 2.24) is 29.7 Å². The number of aliphatic hydroxyl groups is 1. The molecule has 3 atom stereocenters. The van der Waals surface area contributed by atoms with Crippen LogP contribution in [-0.4, -0.2) is 101 Å². The lowest BCUT2D eigenvalue weighted by Gasteiger charge is -2.41. The molecule has 3 heterocycles. The summed E-state index contributed by atoms with van der Waals surface area (Å²) in [5, 5.41) is 15.1. The molecule has 1 amide bonds. The molecule has 0 unspecified atom stereocenters. The van der Waals surface area contributed by atoms with E-state index in [1.54, 1.807) is 19.6 Å². The van der Waals surface area contributed by atoms with Crippen LogP contribution in [0.2, 0.25) is 0 Å². The fourth-order valence-corrected chi connectivity index (χ4v) is 6.36. The molecule has 3 aromatic rings. The van der Waals surface area contributed by atoms with Crippen molar-refractivity contribution in [1.29, 1.82) is 0 Å². The lowest BCUT2D eigenvalue weighted by atomic mass is 9.80. The zero-order valence-corrected chi connectivity index (χ0v) is 25.0. The van der Waals surface area contributed by atoms with E-state index in [0.29, 0.717) is 44.8 Å². The molecule has 0 radical (unpaired) electrons. The maximum atomic E-state index is 14.3. The van der Waals surface area contributed by atoms with Crippen molar-refractivity contribution in [2.24, 2.45) is 0 Å². The predicted octanol–water partition coefficient (Wildman–Crippen LogP) is 3.38. The third kappa shape index (κ3) is 6.67. The third-order valence-corrected chi connectivity index (χ3v) is 8.37. The van der Waals surface area contributed by atoms with Gasteiger partial charge in [0.25, 0.3) is 5.91 Å². The number of rotatable bonds is 11. The van der Waals surface area contributed by atoms with Gasteiger partial charge in [-0.1, -0.05) is 43.2 Å². The number of hydrogen-bond donors (Lipinski definition) is 2. The maximum absolute atomic E-state index is 14.3. The molecule has 1 aliphatic heterocycles. The molecule has 10 nitrogen and oxygen atoms in total. The number of amides is 1. The van der Waals surface area contributed by atoms with Crippen LogP contribution in [0.25, 0.3) is 11.3 Å². The second-order valence-corrected chi connectivity index (χ2v) is 11.7. The number of carbonyl (C=O) groups is 1. The Morgan fingerprint density at radius 3 is 2.79 bits per heavy atom. The van der Waals surface area contributed by atoms with E-state index >= 15 is 0 Å². The van der Waals surface area contributed by atoms with Gasteiger partial charge in [0.05, 0.1) is 37.0 Å². The highest BCUT2D eigenvalue weighted by Gasteiger charge is 2.42. The highest BCUT2D eigenvalue weighted by Crippen LogP contribution is 2.41. The van der Waals surface area contributed by atoms with Crippen molar-refractivity contribution in [3.63, 3.8) is 0 Å². The standard InChI is InChI=1S/C32H44N6O4/c1-36(2)21-26-27(12-9-16-34-26)42-19-14-25-20-33-17-18-37(25)31(39)29-30(24-10-5-4-6-11-24)38(23-35-29)28-13-7-8-15-32(28,40)22-41-3/h4-6,9-12,16,23,25,28,33,40H,7-8,13-15,17-22H2,1-3H3/t25-,28-,32-/m1/s1. The van der Waals surface area contributed by atoms with Gasteiger partial charge in [-0.05, 0) is 39.1 Å². The first-order valence-corrected chi connectivity index (χ1v) is 15.0. The molecule has 1 aliphatic carbocycles. The van der Waals surface area contributed by atoms with Crippen LogP contribution >= 0.6 is 0 Å². The lowest BCUT2D eigenvalue weighted by molar-refractivity contribution is -0.0893. The van der Waals surface area contributed by atoms with E-state index in [2.05, 4.69) is 15.2 Å². The Bertz CT molecular complexity index is 1310. The zero-order chi connectivity index (χ0) is 29.5. The molecular formula is C32H44N6O4. The van der Waals surface area contributed by atoms with Crippen LogP contribution in [-0.2, 0) is 11.3 Å². The second-order valence-electron chi connectivity index (χ2n) is 11.7. The lowest BCUT2D eigenvalue weighted by Crippen LogP contribution is -2.54. The van der Waals surface area contributed by atoms with Gasteiger partial charge >= 0.3 is 0 Å². The van der Waals surface area contributed by atoms with Crippen molar-refractivity contribution in [2.75, 3.05) is 54.1 Å². The number of carbonyl (C=O) groups excluding carboxylic acids is 1. The van der Waals surface area contributed by atoms with Gasteiger partial charge in [0.2, 0.25) is 0 Å². The van der Waals surface area contributed by atoms with Crippen LogP contribution in [0.1, 0.15) is 54.3 Å². The number of imidazole rings is 1. The largest absolute Gasteiger partial charge is 0.492 e. The molecule has 1 saturated carbocycles. The Labute approximate surface area is 248 Å². The molecule has 2 aromatic heterocycles. The van der Waals surface area contributed by atoms with Gasteiger partial charge in [-0.25, -0.2) is 4.98 Å². The SMILES string of the molecule is COC[C@]1(O)CCCC[C@H]1n1cnc(C(=O)N2CCNC[C@H]2CCOc2cccnc2CN(C)C)c1-c1ccccc1. The van der Waals surface area contributed by atoms with E-state index in [4.69, 9.17) is 14.5 Å². The van der Waals surface area contributed by atoms with E-state index < -0.39 is 5.60 Å². The van der Waals surface area contributed by atoms with Crippen LogP contribution in [0, 0.1) is 0 Å². The minimum Gasteiger partial charge on any atom is -0.492 e. The van der Waals surface area contributed by atoms with E-state index in [-0.39, 0.29) is 24.6 Å². The number of nitrogens with one attached hydrogen (secondary N) is 1. The van der Waals surface area contributed by atoms with Crippen LogP contribution < -0.4 is 10.1 Å². The Hall–Kier alpha value is -3.31. The summed E-state index contributed by atoms with van der Waals surface area (Å²) in [5.74, 6) is 0.675. The average molecular weight is 577 g/mol. The number of pyridine rings is 1. The van der Waals surface area contributed by atoms with E-state index in [1.165, 1.54) is 0 Å². The van der Waals surface area contributed by atoms with Crippen molar-refractivity contribution in [3.8, 4) is 17.0 Å². The number of ether oxygens (including phenoxy) is 2. The van der Waals surface area contributed by atoms with Gasteiger partial charge in [0.1, 0.15) is 11.4 Å². The number of aromatic nitrogens is 3. The smallest absolute Gasteiger partial charge is 0.275 e. The first-order chi connectivity index (χ1) is 20.4. The topological polar surface area (TPSA) is 105 Å². The molecule has 1 saturated heterocycles. The molecule has 0 bridgehead atoms. The summed E-state index contributed by atoms with van der Waals surface area (Å²) in [7, 11) is 5.64. The number of methoxy groups -OCH3 is 1. The third-order valence-electron chi connectivity index (χ3n) is 8.37. The predicted molar refractivity (Wildman–Crippen MR) is 161 cm³/mol. The van der Waals surface area contributed by atoms with Crippen LogP contribution in [0.15, 0.2) is 55.0 Å². The molecule has 5 rings (SSSR count). The molecule has 2 aliphatic rings. The van der Waals surface area contributed by atoms with Crippen LogP contribution in [0.5, 0.6) is 5.75 Å². The van der Waals surface area contributed by atoms with Gasteiger partial charge in [0, 0.05) is 57.5 Å². The number of hydrogen-bond acceptors (Lipinski definition) is 8. The molecular weight excluding hydrogens is 532 g/mol. The summed E-state index contributed by atoms with van der Waals surface area (Å²) in [6.45, 7) is 3.38. The van der Waals surface area contributed by atoms with Crippen LogP contribution in [0.4, 0.5) is 0 Å². The zero-order valence-electron chi connectivity index (χ0n) is 25.0. The molecule has 1 aromatic carbocycles. The fourth-order valence-electron chi connectivity index (χ4n) is 6.36. The summed E-state index contributed by atoms with van der Waals surface area (Å²) in [6.07, 6.45) is 7.57. The molecule has 10 heteroatoms. The Balaban J connectivity index is 1.39. The van der Waals surface area contributed by atoms with Crippen molar-refractivity contribution in [3.05, 3.63) is 66.4 Å². The Kier molecular flexibility index (Phi) is 9.89. The summed E-state index contributed by atoms with van der Waals surface area (Å²) in [5.41, 5.74) is 1.94. The molecule has 2 N–H and O–H groups in total. The average Bonchev–Trinajstić information content (AvgIpc) is 3.43. The number of nitrogens with zero attached hydrogens (tertiary/aromatic N) is 5. The normalized spacial score (nSPS) is 22.8. The maximum Gasteiger partial charge on any atom is 0.275 e. The number of benzene rings is 1. The van der Waals surface area contributed by atoms with Crippen molar-refractivity contribution < 1.29 is 19.4 Å². The summed E-state index contributed by atoms with van der Waals surface area (Å²) in [4.78, 5) is 27.5. The van der Waals surface area contributed by atoms with Gasteiger partial charge in [-0.2, -0.15) is 0 Å². The fraction of sp³-hybridized carbons (Fsp3) is 0.531. The Morgan fingerprint density at radius 2 is 2.00 bits per heavy atom. The van der Waals surface area contributed by atoms with Crippen molar-refractivity contribution in [2.45, 2.75) is 56.3 Å². The molecule has 226 valence electrons. The first kappa shape index (κ1) is 30.2. The van der Waals surface area contributed by atoms with Gasteiger partial charge in [-0.15, -0.1) is 0 Å². The van der Waals surface area contributed by atoms with E-state index in [9.17, 15) is 9.90 Å². The summed E-state index contributed by atoms with van der Waals surface area (Å²) in [6, 6.07) is 13.5. The molecule has 42 heavy (non-hydrogen) atoms. The van der Waals surface area contributed by atoms with Gasteiger partial charge < -0.3 is 34.3 Å². The van der Waals surface area contributed by atoms with E-state index in [0.717, 1.165) is 48.5 Å². The van der Waals surface area contributed by atoms with Crippen LogP contribution in [0.3, 0.4) is 0 Å². The summed E-state index contributed by atoms with van der Waals surface area (Å²) >= 11 is 0. The van der Waals surface area contributed by atoms with Crippen molar-refractivity contribution >= 4 is 5.91 Å². The molecule has 0 spiro atoms. The Morgan fingerprint density at radius 1 is 1.17 bits per heavy atom. The monoisotopic (exact) mass is 576 g/mol. The second kappa shape index (κ2) is 13.8. The highest BCUT2D eigenvalue weighted by molar-refractivity contribution is 5.98. The minimum absolute atomic E-state index is 0.0471. The minimum atomic E-state index is -1.02. The highest BCUT2D eigenvalue weighted by atomic mass is 16.5.